The molecular formula is C25H28ClFN2O. The number of carbonyl (C=O) groups is 1. The van der Waals surface area contributed by atoms with Crippen molar-refractivity contribution in [2.75, 3.05) is 0 Å². The van der Waals surface area contributed by atoms with Crippen LogP contribution >= 0.6 is 11.6 Å². The standard InChI is InChI=1S/C25H28ClFN2O/c1-16-3-7-19(8-4-16)17(2)28-25(30)22-11-12-23(27)21-13-14-29(24(21)22)15-18-5-9-20(26)10-6-18/h5-6,9-14,16-17,19H,3-4,7-8,15H2,1-2H3,(H,28,30). The molecule has 5 heteroatoms. The van der Waals surface area contributed by atoms with Crippen LogP contribution in [0, 0.1) is 17.7 Å². The van der Waals surface area contributed by atoms with Crippen molar-refractivity contribution in [1.82, 2.24) is 9.88 Å². The zero-order valence-corrected chi connectivity index (χ0v) is 18.3. The molecule has 1 aromatic heterocycles. The third-order valence-electron chi connectivity index (χ3n) is 6.51. The van der Waals surface area contributed by atoms with Crippen molar-refractivity contribution in [3.8, 4) is 0 Å². The summed E-state index contributed by atoms with van der Waals surface area (Å²) in [5, 5.41) is 4.33. The molecule has 1 unspecified atom stereocenters. The largest absolute Gasteiger partial charge is 0.349 e. The molecule has 0 spiro atoms. The average Bonchev–Trinajstić information content (AvgIpc) is 3.15. The number of nitrogens with one attached hydrogen (secondary N) is 1. The van der Waals surface area contributed by atoms with Gasteiger partial charge in [0.1, 0.15) is 5.82 Å². The maximum absolute atomic E-state index is 14.5. The first kappa shape index (κ1) is 20.9. The summed E-state index contributed by atoms with van der Waals surface area (Å²) >= 11 is 5.99. The van der Waals surface area contributed by atoms with Gasteiger partial charge in [-0.15, -0.1) is 0 Å². The smallest absolute Gasteiger partial charge is 0.253 e. The fourth-order valence-electron chi connectivity index (χ4n) is 4.58. The summed E-state index contributed by atoms with van der Waals surface area (Å²) in [4.78, 5) is 13.2. The minimum Gasteiger partial charge on any atom is -0.349 e. The normalized spacial score (nSPS) is 20.3. The van der Waals surface area contributed by atoms with Gasteiger partial charge in [0.15, 0.2) is 0 Å². The molecule has 2 aromatic carbocycles. The fraction of sp³-hybridized carbons (Fsp3) is 0.400. The number of rotatable bonds is 5. The minimum atomic E-state index is -0.314. The molecule has 3 aromatic rings. The van der Waals surface area contributed by atoms with Crippen LogP contribution in [0.3, 0.4) is 0 Å². The van der Waals surface area contributed by atoms with Crippen molar-refractivity contribution in [1.29, 1.82) is 0 Å². The summed E-state index contributed by atoms with van der Waals surface area (Å²) in [5.41, 5.74) is 2.19. The van der Waals surface area contributed by atoms with Crippen molar-refractivity contribution in [2.24, 2.45) is 11.8 Å². The number of benzene rings is 2. The second-order valence-electron chi connectivity index (χ2n) is 8.71. The zero-order chi connectivity index (χ0) is 21.3. The van der Waals surface area contributed by atoms with Crippen LogP contribution in [0.25, 0.3) is 10.9 Å². The van der Waals surface area contributed by atoms with Crippen LogP contribution in [0.1, 0.15) is 55.5 Å². The van der Waals surface area contributed by atoms with Crippen molar-refractivity contribution in [3.05, 3.63) is 70.6 Å². The summed E-state index contributed by atoms with van der Waals surface area (Å²) in [6.45, 7) is 4.93. The zero-order valence-electron chi connectivity index (χ0n) is 17.5. The van der Waals surface area contributed by atoms with E-state index in [9.17, 15) is 9.18 Å². The van der Waals surface area contributed by atoms with Crippen LogP contribution in [0.2, 0.25) is 5.02 Å². The number of halogens is 2. The lowest BCUT2D eigenvalue weighted by Gasteiger charge is -2.31. The predicted octanol–water partition coefficient (Wildman–Crippen LogP) is 6.43. The summed E-state index contributed by atoms with van der Waals surface area (Å²) in [6, 6.07) is 12.4. The van der Waals surface area contributed by atoms with Gasteiger partial charge in [0, 0.05) is 29.2 Å². The number of nitrogens with zero attached hydrogens (tertiary/aromatic N) is 1. The highest BCUT2D eigenvalue weighted by molar-refractivity contribution is 6.30. The second-order valence-corrected chi connectivity index (χ2v) is 9.15. The minimum absolute atomic E-state index is 0.102. The number of amides is 1. The Morgan fingerprint density at radius 1 is 1.13 bits per heavy atom. The first-order chi connectivity index (χ1) is 14.4. The fourth-order valence-corrected chi connectivity index (χ4v) is 4.71. The molecule has 1 N–H and O–H groups in total. The third-order valence-corrected chi connectivity index (χ3v) is 6.76. The predicted molar refractivity (Wildman–Crippen MR) is 121 cm³/mol. The summed E-state index contributed by atoms with van der Waals surface area (Å²) in [5.74, 6) is 0.826. The molecule has 158 valence electrons. The lowest BCUT2D eigenvalue weighted by Crippen LogP contribution is -2.39. The number of hydrogen-bond donors (Lipinski definition) is 1. The first-order valence-corrected chi connectivity index (χ1v) is 11.1. The highest BCUT2D eigenvalue weighted by Crippen LogP contribution is 2.31. The van der Waals surface area contributed by atoms with Gasteiger partial charge in [0.25, 0.3) is 5.91 Å². The van der Waals surface area contributed by atoms with Gasteiger partial charge < -0.3 is 9.88 Å². The summed E-state index contributed by atoms with van der Waals surface area (Å²) in [7, 11) is 0. The summed E-state index contributed by atoms with van der Waals surface area (Å²) < 4.78 is 16.4. The quantitative estimate of drug-likeness (QED) is 0.501. The van der Waals surface area contributed by atoms with Gasteiger partial charge in [-0.1, -0.05) is 43.5 Å². The molecule has 1 atom stereocenters. The Hall–Kier alpha value is -2.33. The van der Waals surface area contributed by atoms with Crippen LogP contribution in [0.5, 0.6) is 0 Å². The molecule has 0 radical (unpaired) electrons. The Bertz CT molecular complexity index is 1040. The number of carbonyl (C=O) groups excluding carboxylic acids is 1. The molecule has 1 fully saturated rings. The molecule has 0 aliphatic heterocycles. The lowest BCUT2D eigenvalue weighted by atomic mass is 9.79. The van der Waals surface area contributed by atoms with E-state index >= 15 is 0 Å². The maximum Gasteiger partial charge on any atom is 0.253 e. The Labute approximate surface area is 182 Å². The van der Waals surface area contributed by atoms with Gasteiger partial charge in [-0.3, -0.25) is 4.79 Å². The molecule has 1 aliphatic carbocycles. The van der Waals surface area contributed by atoms with Crippen molar-refractivity contribution in [2.45, 2.75) is 52.1 Å². The molecule has 3 nitrogen and oxygen atoms in total. The van der Waals surface area contributed by atoms with Gasteiger partial charge in [0.2, 0.25) is 0 Å². The Kier molecular flexibility index (Phi) is 6.14. The van der Waals surface area contributed by atoms with Gasteiger partial charge in [0.05, 0.1) is 11.1 Å². The van der Waals surface area contributed by atoms with Crippen LogP contribution in [0.4, 0.5) is 4.39 Å². The van der Waals surface area contributed by atoms with Gasteiger partial charge in [-0.25, -0.2) is 4.39 Å². The summed E-state index contributed by atoms with van der Waals surface area (Å²) in [6.07, 6.45) is 6.57. The van der Waals surface area contributed by atoms with E-state index < -0.39 is 0 Å². The van der Waals surface area contributed by atoms with E-state index in [0.717, 1.165) is 24.3 Å². The number of aromatic nitrogens is 1. The molecule has 4 rings (SSSR count). The molecule has 0 bridgehead atoms. The Balaban J connectivity index is 1.60. The molecule has 1 saturated carbocycles. The molecule has 30 heavy (non-hydrogen) atoms. The molecular weight excluding hydrogens is 399 g/mol. The van der Waals surface area contributed by atoms with Gasteiger partial charge >= 0.3 is 0 Å². The van der Waals surface area contributed by atoms with E-state index in [4.69, 9.17) is 11.6 Å². The average molecular weight is 427 g/mol. The van der Waals surface area contributed by atoms with Crippen LogP contribution < -0.4 is 5.32 Å². The van der Waals surface area contributed by atoms with E-state index in [2.05, 4.69) is 19.2 Å². The van der Waals surface area contributed by atoms with Crippen LogP contribution in [-0.4, -0.2) is 16.5 Å². The van der Waals surface area contributed by atoms with E-state index in [1.165, 1.54) is 18.9 Å². The number of fused-ring (bicyclic) bond motifs is 1. The van der Waals surface area contributed by atoms with E-state index in [-0.39, 0.29) is 17.8 Å². The highest BCUT2D eigenvalue weighted by atomic mass is 35.5. The van der Waals surface area contributed by atoms with Crippen LogP contribution in [0.15, 0.2) is 48.7 Å². The maximum atomic E-state index is 14.5. The van der Waals surface area contributed by atoms with Crippen molar-refractivity contribution in [3.63, 3.8) is 0 Å². The van der Waals surface area contributed by atoms with Crippen LogP contribution in [-0.2, 0) is 6.54 Å². The Morgan fingerprint density at radius 3 is 2.53 bits per heavy atom. The monoisotopic (exact) mass is 426 g/mol. The highest BCUT2D eigenvalue weighted by Gasteiger charge is 2.25. The first-order valence-electron chi connectivity index (χ1n) is 10.7. The molecule has 1 aliphatic rings. The SMILES string of the molecule is CC1CCC(C(C)NC(=O)c2ccc(F)c3ccn(Cc4ccc(Cl)cc4)c23)CC1. The molecule has 1 amide bonds. The van der Waals surface area contributed by atoms with E-state index in [1.807, 2.05) is 35.0 Å². The third kappa shape index (κ3) is 4.39. The van der Waals surface area contributed by atoms with Gasteiger partial charge in [-0.2, -0.15) is 0 Å². The van der Waals surface area contributed by atoms with Gasteiger partial charge in [-0.05, 0) is 67.5 Å². The number of hydrogen-bond acceptors (Lipinski definition) is 1. The topological polar surface area (TPSA) is 34.0 Å². The van der Waals surface area contributed by atoms with Crippen molar-refractivity contribution >= 4 is 28.4 Å². The second kappa shape index (κ2) is 8.81. The molecule has 1 heterocycles. The van der Waals surface area contributed by atoms with E-state index in [0.29, 0.717) is 34.0 Å². The Morgan fingerprint density at radius 2 is 1.83 bits per heavy atom. The molecule has 0 saturated heterocycles. The lowest BCUT2D eigenvalue weighted by molar-refractivity contribution is 0.0917. The van der Waals surface area contributed by atoms with E-state index in [1.54, 1.807) is 12.1 Å². The van der Waals surface area contributed by atoms with Crippen molar-refractivity contribution < 1.29 is 9.18 Å².